The Morgan fingerprint density at radius 1 is 1.23 bits per heavy atom. The van der Waals surface area contributed by atoms with Gasteiger partial charge in [0.25, 0.3) is 11.5 Å². The van der Waals surface area contributed by atoms with Crippen molar-refractivity contribution in [3.63, 3.8) is 0 Å². The van der Waals surface area contributed by atoms with E-state index in [1.807, 2.05) is 0 Å². The Balaban J connectivity index is 1.91. The molecule has 1 aliphatic heterocycles. The highest BCUT2D eigenvalue weighted by molar-refractivity contribution is 7.17. The highest BCUT2D eigenvalue weighted by Crippen LogP contribution is 2.44. The molecule has 1 amide bonds. The average Bonchev–Trinajstić information content (AvgIpc) is 3.43. The predicted molar refractivity (Wildman–Crippen MR) is 143 cm³/mol. The largest absolute Gasteiger partial charge is 0.507 e. The lowest BCUT2D eigenvalue weighted by Gasteiger charge is -2.23. The number of nitrogens with zero attached hydrogens (tertiary/aromatic N) is 3. The van der Waals surface area contributed by atoms with Gasteiger partial charge in [-0.15, -0.1) is 0 Å². The number of nitro groups is 1. The zero-order valence-corrected chi connectivity index (χ0v) is 22.0. The first-order valence-corrected chi connectivity index (χ1v) is 12.4. The molecular formula is C27H23N3O8S. The molecule has 39 heavy (non-hydrogen) atoms. The maximum absolute atomic E-state index is 13.4. The number of ether oxygens (including phenoxy) is 2. The van der Waals surface area contributed by atoms with Gasteiger partial charge in [-0.1, -0.05) is 24.0 Å². The Morgan fingerprint density at radius 2 is 1.92 bits per heavy atom. The summed E-state index contributed by atoms with van der Waals surface area (Å²) in [4.78, 5) is 55.5. The lowest BCUT2D eigenvalue weighted by Crippen LogP contribution is -2.29. The smallest absolute Gasteiger partial charge is 0.350 e. The van der Waals surface area contributed by atoms with Crippen LogP contribution in [-0.4, -0.2) is 46.4 Å². The van der Waals surface area contributed by atoms with Crippen LogP contribution >= 0.6 is 11.3 Å². The number of aryl methyl sites for hydroxylation is 2. The highest BCUT2D eigenvalue weighted by atomic mass is 32.1. The van der Waals surface area contributed by atoms with Gasteiger partial charge in [-0.3, -0.25) is 24.6 Å². The molecule has 0 radical (unpaired) electrons. The van der Waals surface area contributed by atoms with Crippen LogP contribution in [0.5, 0.6) is 5.75 Å². The van der Waals surface area contributed by atoms with Crippen LogP contribution in [0.2, 0.25) is 0 Å². The molecule has 0 aliphatic carbocycles. The van der Waals surface area contributed by atoms with Crippen molar-refractivity contribution in [3.8, 4) is 5.75 Å². The summed E-state index contributed by atoms with van der Waals surface area (Å²) in [6, 6.07) is 8.91. The van der Waals surface area contributed by atoms with Crippen LogP contribution in [0.1, 0.15) is 38.1 Å². The molecule has 3 aromatic rings. The van der Waals surface area contributed by atoms with Crippen LogP contribution in [0, 0.1) is 24.0 Å². The fourth-order valence-corrected chi connectivity index (χ4v) is 5.16. The van der Waals surface area contributed by atoms with Gasteiger partial charge >= 0.3 is 11.9 Å². The van der Waals surface area contributed by atoms with Crippen molar-refractivity contribution in [2.24, 2.45) is 0 Å². The molecule has 2 aromatic carbocycles. The van der Waals surface area contributed by atoms with Gasteiger partial charge in [-0.2, -0.15) is 0 Å². The lowest BCUT2D eigenvalue weighted by atomic mass is 9.94. The molecule has 1 saturated heterocycles. The Kier molecular flexibility index (Phi) is 7.58. The van der Waals surface area contributed by atoms with E-state index in [0.717, 1.165) is 16.2 Å². The molecule has 1 fully saturated rings. The number of aliphatic hydroxyl groups is 1. The van der Waals surface area contributed by atoms with E-state index in [9.17, 15) is 29.6 Å². The van der Waals surface area contributed by atoms with E-state index in [1.54, 1.807) is 32.0 Å². The number of amides is 1. The molecular weight excluding hydrogens is 526 g/mol. The maximum Gasteiger partial charge on any atom is 0.350 e. The van der Waals surface area contributed by atoms with Crippen LogP contribution < -0.4 is 9.64 Å². The zero-order chi connectivity index (χ0) is 28.4. The van der Waals surface area contributed by atoms with Gasteiger partial charge in [0.2, 0.25) is 0 Å². The maximum atomic E-state index is 13.4. The molecule has 11 nitrogen and oxygen atoms in total. The van der Waals surface area contributed by atoms with E-state index in [-0.39, 0.29) is 33.6 Å². The topological polar surface area (TPSA) is 149 Å². The van der Waals surface area contributed by atoms with Gasteiger partial charge in [0.1, 0.15) is 23.0 Å². The van der Waals surface area contributed by atoms with Crippen molar-refractivity contribution in [3.05, 3.63) is 98.1 Å². The molecule has 1 aliphatic rings. The number of rotatable bonds is 8. The summed E-state index contributed by atoms with van der Waals surface area (Å²) in [5.41, 5.74) is 1.04. The van der Waals surface area contributed by atoms with Gasteiger partial charge in [0, 0.05) is 17.7 Å². The minimum Gasteiger partial charge on any atom is -0.507 e. The molecule has 1 aromatic heterocycles. The fraction of sp³-hybridized carbons (Fsp3) is 0.185. The molecule has 200 valence electrons. The van der Waals surface area contributed by atoms with E-state index in [0.29, 0.717) is 22.4 Å². The number of nitro benzene ring substituents is 1. The molecule has 12 heteroatoms. The third-order valence-corrected chi connectivity index (χ3v) is 7.20. The van der Waals surface area contributed by atoms with E-state index in [2.05, 4.69) is 11.6 Å². The second-order valence-corrected chi connectivity index (χ2v) is 9.47. The second-order valence-electron chi connectivity index (χ2n) is 8.50. The number of hydrogen-bond acceptors (Lipinski definition) is 10. The number of esters is 1. The van der Waals surface area contributed by atoms with E-state index in [1.165, 1.54) is 37.5 Å². The minimum atomic E-state index is -1.19. The second kappa shape index (κ2) is 10.9. The molecule has 4 rings (SSSR count). The van der Waals surface area contributed by atoms with Crippen LogP contribution in [0.15, 0.2) is 60.7 Å². The number of anilines is 1. The molecule has 0 unspecified atom stereocenters. The molecule has 0 spiro atoms. The van der Waals surface area contributed by atoms with Crippen LogP contribution in [-0.2, 0) is 14.3 Å². The third kappa shape index (κ3) is 5.01. The van der Waals surface area contributed by atoms with Gasteiger partial charge in [-0.25, -0.2) is 9.78 Å². The van der Waals surface area contributed by atoms with Crippen molar-refractivity contribution in [2.45, 2.75) is 19.9 Å². The summed E-state index contributed by atoms with van der Waals surface area (Å²) >= 11 is 0.849. The normalized spacial score (nSPS) is 16.3. The van der Waals surface area contributed by atoms with E-state index < -0.39 is 34.4 Å². The lowest BCUT2D eigenvalue weighted by molar-refractivity contribution is -0.384. The molecule has 0 bridgehead atoms. The molecule has 1 atom stereocenters. The fourth-order valence-electron chi connectivity index (χ4n) is 4.17. The third-order valence-electron chi connectivity index (χ3n) is 6.06. The first kappa shape index (κ1) is 27.2. The Hall–Kier alpha value is -4.84. The van der Waals surface area contributed by atoms with Crippen molar-refractivity contribution in [1.82, 2.24) is 4.98 Å². The number of Topliss-reactive ketones (excluding diaryl/α,β-unsaturated/α-hetero) is 1. The number of thiazole rings is 1. The molecule has 1 N–H and O–H groups in total. The highest BCUT2D eigenvalue weighted by Gasteiger charge is 2.48. The summed E-state index contributed by atoms with van der Waals surface area (Å²) in [5.74, 6) is -2.53. The molecule has 2 heterocycles. The minimum absolute atomic E-state index is 0.0222. The number of aliphatic hydroxyl groups excluding tert-OH is 1. The SMILES string of the molecule is C=CCOC(=O)c1sc(N2C(=O)C(=O)C(=C(O)c3ccc(OC)cc3C)[C@H]2c2ccc([N+](=O)[O-])cc2)nc1C. The number of benzene rings is 2. The van der Waals surface area contributed by atoms with Crippen LogP contribution in [0.25, 0.3) is 5.76 Å². The Labute approximate surface area is 226 Å². The van der Waals surface area contributed by atoms with E-state index in [4.69, 9.17) is 9.47 Å². The average molecular weight is 550 g/mol. The zero-order valence-electron chi connectivity index (χ0n) is 21.2. The number of carbonyl (C=O) groups excluding carboxylic acids is 3. The first-order chi connectivity index (χ1) is 18.6. The summed E-state index contributed by atoms with van der Waals surface area (Å²) < 4.78 is 10.3. The van der Waals surface area contributed by atoms with Gasteiger partial charge in [0.05, 0.1) is 29.3 Å². The van der Waals surface area contributed by atoms with Crippen molar-refractivity contribution < 1.29 is 33.9 Å². The predicted octanol–water partition coefficient (Wildman–Crippen LogP) is 4.65. The number of non-ortho nitro benzene ring substituents is 1. The number of hydrogen-bond donors (Lipinski definition) is 1. The standard InChI is InChI=1S/C27H23N3O8S/c1-5-12-38-26(34)24-15(3)28-27(39-24)29-21(16-6-8-17(9-7-16)30(35)36)20(23(32)25(29)33)22(31)19-11-10-18(37-4)13-14(19)2/h5-11,13,21,31H,1,12H2,2-4H3/t21-/m1/s1. The van der Waals surface area contributed by atoms with Gasteiger partial charge in [-0.05, 0) is 55.3 Å². The van der Waals surface area contributed by atoms with Crippen LogP contribution in [0.4, 0.5) is 10.8 Å². The Morgan fingerprint density at radius 3 is 2.51 bits per heavy atom. The van der Waals surface area contributed by atoms with Crippen LogP contribution in [0.3, 0.4) is 0 Å². The Bertz CT molecular complexity index is 1540. The summed E-state index contributed by atoms with van der Waals surface area (Å²) in [5, 5.41) is 22.6. The van der Waals surface area contributed by atoms with Crippen molar-refractivity contribution in [1.29, 1.82) is 0 Å². The molecule has 0 saturated carbocycles. The quantitative estimate of drug-likeness (QED) is 0.0806. The summed E-state index contributed by atoms with van der Waals surface area (Å²) in [6.45, 7) is 6.74. The number of methoxy groups -OCH3 is 1. The number of ketones is 1. The van der Waals surface area contributed by atoms with Crippen molar-refractivity contribution >= 4 is 45.6 Å². The monoisotopic (exact) mass is 549 g/mol. The van der Waals surface area contributed by atoms with E-state index >= 15 is 0 Å². The van der Waals surface area contributed by atoms with Crippen molar-refractivity contribution in [2.75, 3.05) is 18.6 Å². The summed E-state index contributed by atoms with van der Waals surface area (Å²) in [6.07, 6.45) is 1.41. The number of aromatic nitrogens is 1. The van der Waals surface area contributed by atoms with Gasteiger partial charge in [0.15, 0.2) is 5.13 Å². The number of carbonyl (C=O) groups is 3. The summed E-state index contributed by atoms with van der Waals surface area (Å²) in [7, 11) is 1.49. The first-order valence-electron chi connectivity index (χ1n) is 11.5. The van der Waals surface area contributed by atoms with Gasteiger partial charge < -0.3 is 14.6 Å².